The third kappa shape index (κ3) is 2.83. The van der Waals surface area contributed by atoms with E-state index in [2.05, 4.69) is 12.2 Å². The van der Waals surface area contributed by atoms with Crippen molar-refractivity contribution in [1.29, 1.82) is 0 Å². The van der Waals surface area contributed by atoms with Gasteiger partial charge in [0.2, 0.25) is 0 Å². The molecule has 1 rings (SSSR count). The van der Waals surface area contributed by atoms with Crippen LogP contribution in [0.2, 0.25) is 0 Å². The molecule has 1 aromatic carbocycles. The number of thiocarbonyl (C=S) groups is 1. The van der Waals surface area contributed by atoms with E-state index in [1.807, 2.05) is 0 Å². The summed E-state index contributed by atoms with van der Waals surface area (Å²) < 4.78 is 12.5. The number of benzene rings is 1. The van der Waals surface area contributed by atoms with Crippen LogP contribution in [0.15, 0.2) is 30.3 Å². The zero-order valence-electron chi connectivity index (χ0n) is 6.83. The summed E-state index contributed by atoms with van der Waals surface area (Å²) in [6.07, 6.45) is 1.46. The standard InChI is InChI=1S/C9H9FN2S/c10-7-3-1-6(2-4-7)8(11)5-9(12)13/h1-5H,11H2,(H2,12,13)/b8-5+. The maximum atomic E-state index is 12.5. The van der Waals surface area contributed by atoms with Gasteiger partial charge in [-0.15, -0.1) is 0 Å². The van der Waals surface area contributed by atoms with Gasteiger partial charge in [0.05, 0.1) is 4.99 Å². The number of hydrogen-bond donors (Lipinski definition) is 2. The van der Waals surface area contributed by atoms with Crippen molar-refractivity contribution in [3.05, 3.63) is 41.7 Å². The van der Waals surface area contributed by atoms with Crippen LogP contribution in [0.5, 0.6) is 0 Å². The fourth-order valence-corrected chi connectivity index (χ4v) is 1.01. The largest absolute Gasteiger partial charge is 0.398 e. The fraction of sp³-hybridized carbons (Fsp3) is 0. The summed E-state index contributed by atoms with van der Waals surface area (Å²) in [5.74, 6) is -0.299. The molecule has 0 atom stereocenters. The van der Waals surface area contributed by atoms with E-state index >= 15 is 0 Å². The lowest BCUT2D eigenvalue weighted by molar-refractivity contribution is 0.627. The summed E-state index contributed by atoms with van der Waals surface area (Å²) in [6, 6.07) is 5.80. The van der Waals surface area contributed by atoms with Crippen molar-refractivity contribution in [2.24, 2.45) is 11.5 Å². The summed E-state index contributed by atoms with van der Waals surface area (Å²) in [7, 11) is 0. The highest BCUT2D eigenvalue weighted by Gasteiger charge is 1.96. The third-order valence-corrected chi connectivity index (χ3v) is 1.59. The molecule has 0 aliphatic carbocycles. The second-order valence-electron chi connectivity index (χ2n) is 2.51. The quantitative estimate of drug-likeness (QED) is 0.555. The van der Waals surface area contributed by atoms with E-state index in [1.165, 1.54) is 18.2 Å². The highest BCUT2D eigenvalue weighted by Crippen LogP contribution is 2.09. The topological polar surface area (TPSA) is 52.0 Å². The molecule has 0 aliphatic rings. The molecule has 0 aromatic heterocycles. The Kier molecular flexibility index (Phi) is 2.97. The predicted molar refractivity (Wildman–Crippen MR) is 55.3 cm³/mol. The van der Waals surface area contributed by atoms with Gasteiger partial charge < -0.3 is 11.5 Å². The van der Waals surface area contributed by atoms with Crippen molar-refractivity contribution in [3.63, 3.8) is 0 Å². The van der Waals surface area contributed by atoms with Crippen LogP contribution in [0.4, 0.5) is 4.39 Å². The smallest absolute Gasteiger partial charge is 0.123 e. The minimum atomic E-state index is -0.299. The minimum absolute atomic E-state index is 0.210. The summed E-state index contributed by atoms with van der Waals surface area (Å²) in [4.78, 5) is 0.210. The Hall–Kier alpha value is -1.42. The second-order valence-corrected chi connectivity index (χ2v) is 2.98. The molecule has 4 N–H and O–H groups in total. The molecular formula is C9H9FN2S. The van der Waals surface area contributed by atoms with Gasteiger partial charge in [-0.25, -0.2) is 4.39 Å². The highest BCUT2D eigenvalue weighted by atomic mass is 32.1. The molecule has 1 aromatic rings. The Morgan fingerprint density at radius 2 is 1.77 bits per heavy atom. The molecule has 0 saturated heterocycles. The number of halogens is 1. The van der Waals surface area contributed by atoms with Crippen LogP contribution in [0.25, 0.3) is 5.70 Å². The Bertz CT molecular complexity index is 343. The van der Waals surface area contributed by atoms with E-state index in [-0.39, 0.29) is 10.8 Å². The Labute approximate surface area is 81.0 Å². The van der Waals surface area contributed by atoms with Crippen LogP contribution < -0.4 is 11.5 Å². The van der Waals surface area contributed by atoms with E-state index < -0.39 is 0 Å². The Morgan fingerprint density at radius 3 is 2.23 bits per heavy atom. The Balaban J connectivity index is 2.96. The van der Waals surface area contributed by atoms with Crippen molar-refractivity contribution < 1.29 is 4.39 Å². The van der Waals surface area contributed by atoms with Gasteiger partial charge in [0.1, 0.15) is 5.82 Å². The summed E-state index contributed by atoms with van der Waals surface area (Å²) in [5.41, 5.74) is 12.0. The van der Waals surface area contributed by atoms with E-state index in [1.54, 1.807) is 12.1 Å². The van der Waals surface area contributed by atoms with Crippen LogP contribution in [0.3, 0.4) is 0 Å². The lowest BCUT2D eigenvalue weighted by Crippen LogP contribution is -2.07. The van der Waals surface area contributed by atoms with Gasteiger partial charge in [0.25, 0.3) is 0 Å². The Morgan fingerprint density at radius 1 is 1.23 bits per heavy atom. The molecule has 2 nitrogen and oxygen atoms in total. The number of nitrogens with two attached hydrogens (primary N) is 2. The molecule has 0 fully saturated rings. The van der Waals surface area contributed by atoms with E-state index in [0.717, 1.165) is 0 Å². The van der Waals surface area contributed by atoms with Crippen LogP contribution >= 0.6 is 12.2 Å². The van der Waals surface area contributed by atoms with Gasteiger partial charge >= 0.3 is 0 Å². The van der Waals surface area contributed by atoms with Crippen LogP contribution in [-0.2, 0) is 0 Å². The zero-order chi connectivity index (χ0) is 9.84. The van der Waals surface area contributed by atoms with Crippen molar-refractivity contribution >= 4 is 22.9 Å². The van der Waals surface area contributed by atoms with Crippen LogP contribution in [0.1, 0.15) is 5.56 Å². The lowest BCUT2D eigenvalue weighted by Gasteiger charge is -2.00. The van der Waals surface area contributed by atoms with Gasteiger partial charge in [0, 0.05) is 5.70 Å². The minimum Gasteiger partial charge on any atom is -0.398 e. The molecule has 0 unspecified atom stereocenters. The second kappa shape index (κ2) is 4.00. The first kappa shape index (κ1) is 9.67. The number of hydrogen-bond acceptors (Lipinski definition) is 2. The molecule has 0 saturated carbocycles. The number of rotatable bonds is 2. The molecule has 68 valence electrons. The monoisotopic (exact) mass is 196 g/mol. The maximum Gasteiger partial charge on any atom is 0.123 e. The average molecular weight is 196 g/mol. The molecule has 0 bridgehead atoms. The van der Waals surface area contributed by atoms with Crippen molar-refractivity contribution in [3.8, 4) is 0 Å². The summed E-state index contributed by atoms with van der Waals surface area (Å²) in [5, 5.41) is 0. The zero-order valence-corrected chi connectivity index (χ0v) is 7.64. The van der Waals surface area contributed by atoms with Crippen molar-refractivity contribution in [1.82, 2.24) is 0 Å². The highest BCUT2D eigenvalue weighted by molar-refractivity contribution is 7.80. The molecule has 0 amide bonds. The van der Waals surface area contributed by atoms with Crippen LogP contribution in [-0.4, -0.2) is 4.99 Å². The summed E-state index contributed by atoms with van der Waals surface area (Å²) in [6.45, 7) is 0. The molecule has 0 spiro atoms. The lowest BCUT2D eigenvalue weighted by atomic mass is 10.1. The first-order valence-corrected chi connectivity index (χ1v) is 4.03. The van der Waals surface area contributed by atoms with E-state index in [9.17, 15) is 4.39 Å². The van der Waals surface area contributed by atoms with Gasteiger partial charge in [-0.2, -0.15) is 0 Å². The maximum absolute atomic E-state index is 12.5. The van der Waals surface area contributed by atoms with Gasteiger partial charge in [-0.05, 0) is 23.8 Å². The first-order chi connectivity index (χ1) is 6.09. The van der Waals surface area contributed by atoms with Crippen molar-refractivity contribution in [2.75, 3.05) is 0 Å². The average Bonchev–Trinajstić information content (AvgIpc) is 2.04. The fourth-order valence-electron chi connectivity index (χ4n) is 0.879. The molecule has 4 heteroatoms. The molecule has 0 aliphatic heterocycles. The van der Waals surface area contributed by atoms with E-state index in [0.29, 0.717) is 11.3 Å². The van der Waals surface area contributed by atoms with Gasteiger partial charge in [-0.3, -0.25) is 0 Å². The molecule has 0 heterocycles. The molecule has 0 radical (unpaired) electrons. The van der Waals surface area contributed by atoms with Gasteiger partial charge in [0.15, 0.2) is 0 Å². The molecular weight excluding hydrogens is 187 g/mol. The van der Waals surface area contributed by atoms with E-state index in [4.69, 9.17) is 11.5 Å². The SMILES string of the molecule is NC(=S)/C=C(/N)c1ccc(F)cc1. The predicted octanol–water partition coefficient (Wildman–Crippen LogP) is 1.41. The summed E-state index contributed by atoms with van der Waals surface area (Å²) >= 11 is 4.64. The molecule has 13 heavy (non-hydrogen) atoms. The van der Waals surface area contributed by atoms with Crippen LogP contribution in [0, 0.1) is 5.82 Å². The van der Waals surface area contributed by atoms with Gasteiger partial charge in [-0.1, -0.05) is 24.4 Å². The first-order valence-electron chi connectivity index (χ1n) is 3.62. The van der Waals surface area contributed by atoms with Crippen molar-refractivity contribution in [2.45, 2.75) is 0 Å². The normalized spacial score (nSPS) is 11.3. The third-order valence-electron chi connectivity index (χ3n) is 1.48.